The van der Waals surface area contributed by atoms with E-state index in [1.54, 1.807) is 5.57 Å². The highest BCUT2D eigenvalue weighted by Crippen LogP contribution is 2.67. The first-order valence-corrected chi connectivity index (χ1v) is 30.4. The van der Waals surface area contributed by atoms with Crippen molar-refractivity contribution < 1.29 is 23.8 Å². The highest BCUT2D eigenvalue weighted by atomic mass is 16.7. The monoisotopic (exact) mass is 976 g/mol. The molecule has 8 nitrogen and oxygen atoms in total. The third-order valence-corrected chi connectivity index (χ3v) is 18.8. The number of nitrogens with zero attached hydrogens (tertiary/aromatic N) is 3. The number of ether oxygens (including phenoxy) is 3. The Kier molecular flexibility index (Phi) is 26.8. The molecule has 0 spiro atoms. The van der Waals surface area contributed by atoms with Crippen molar-refractivity contribution in [2.24, 2.45) is 52.3 Å². The maximum Gasteiger partial charge on any atom is 0.508 e. The number of hydrogen-bond donors (Lipinski definition) is 0. The summed E-state index contributed by atoms with van der Waals surface area (Å²) >= 11 is 0. The maximum atomic E-state index is 13.1. The molecule has 1 unspecified atom stereocenters. The van der Waals surface area contributed by atoms with E-state index in [9.17, 15) is 9.59 Å². The number of imidazole rings is 1. The van der Waals surface area contributed by atoms with Gasteiger partial charge in [-0.3, -0.25) is 4.79 Å². The Hall–Kier alpha value is -2.35. The molecule has 1 heterocycles. The summed E-state index contributed by atoms with van der Waals surface area (Å²) in [6.07, 6.45) is 46.1. The third kappa shape index (κ3) is 18.9. The van der Waals surface area contributed by atoms with Crippen molar-refractivity contribution in [1.29, 1.82) is 0 Å². The molecule has 70 heavy (non-hydrogen) atoms. The molecule has 1 aromatic heterocycles. The minimum atomic E-state index is -0.469. The summed E-state index contributed by atoms with van der Waals surface area (Å²) < 4.78 is 19.7. The van der Waals surface area contributed by atoms with Gasteiger partial charge in [-0.25, -0.2) is 9.78 Å². The molecule has 0 bridgehead atoms. The lowest BCUT2D eigenvalue weighted by Crippen LogP contribution is -2.51. The van der Waals surface area contributed by atoms with Crippen LogP contribution in [0.15, 0.2) is 30.4 Å². The molecule has 8 heteroatoms. The zero-order valence-corrected chi connectivity index (χ0v) is 46.7. The summed E-state index contributed by atoms with van der Waals surface area (Å²) in [5.74, 6) is 5.17. The largest absolute Gasteiger partial charge is 0.508 e. The van der Waals surface area contributed by atoms with E-state index in [1.807, 2.05) is 12.5 Å². The van der Waals surface area contributed by atoms with E-state index in [0.29, 0.717) is 18.6 Å². The normalized spacial score (nSPS) is 26.1. The Morgan fingerprint density at radius 3 is 2.03 bits per heavy atom. The van der Waals surface area contributed by atoms with Gasteiger partial charge in [0.05, 0.1) is 25.5 Å². The predicted molar refractivity (Wildman–Crippen MR) is 291 cm³/mol. The SMILES string of the molecule is CCCCCCCCC(CCCCCC)C(=O)OCCCCCCN(CCCCCCOC(=O)O[C@H]1CC[C@@]2(C)C(=CC[C@H]3[C@@H]4CC[C@H]([C@H](C)CCCC(C)C)[C@@]4(C)CC[C@@H]32)C1)CCCn1ccnc1. The second-order valence-electron chi connectivity index (χ2n) is 24.5. The summed E-state index contributed by atoms with van der Waals surface area (Å²) in [4.78, 5) is 32.9. The summed E-state index contributed by atoms with van der Waals surface area (Å²) in [7, 11) is 0. The molecule has 0 saturated heterocycles. The first-order chi connectivity index (χ1) is 34.0. The molecule has 0 amide bonds. The van der Waals surface area contributed by atoms with Crippen LogP contribution >= 0.6 is 0 Å². The molecular weight excluding hydrogens is 867 g/mol. The lowest BCUT2D eigenvalue weighted by molar-refractivity contribution is -0.149. The smallest absolute Gasteiger partial charge is 0.465 e. The fraction of sp³-hybridized carbons (Fsp3) is 0.887. The molecular formula is C62H109N3O5. The van der Waals surface area contributed by atoms with Crippen molar-refractivity contribution >= 4 is 12.1 Å². The number of allylic oxidation sites excluding steroid dienone is 1. The summed E-state index contributed by atoms with van der Waals surface area (Å²) in [6, 6.07) is 0. The molecule has 402 valence electrons. The Labute approximate surface area is 430 Å². The fourth-order valence-electron chi connectivity index (χ4n) is 14.6. The number of carbonyl (C=O) groups is 2. The van der Waals surface area contributed by atoms with E-state index in [1.165, 1.54) is 116 Å². The number of hydrogen-bond acceptors (Lipinski definition) is 7. The molecule has 5 rings (SSSR count). The number of fused-ring (bicyclic) bond motifs is 5. The van der Waals surface area contributed by atoms with E-state index in [4.69, 9.17) is 14.2 Å². The number of rotatable bonds is 37. The van der Waals surface area contributed by atoms with E-state index in [-0.39, 0.29) is 23.4 Å². The molecule has 0 N–H and O–H groups in total. The Morgan fingerprint density at radius 1 is 0.700 bits per heavy atom. The third-order valence-electron chi connectivity index (χ3n) is 18.8. The lowest BCUT2D eigenvalue weighted by atomic mass is 9.47. The van der Waals surface area contributed by atoms with E-state index in [0.717, 1.165) is 152 Å². The highest BCUT2D eigenvalue weighted by Gasteiger charge is 2.59. The summed E-state index contributed by atoms with van der Waals surface area (Å²) in [6.45, 7) is 22.4. The van der Waals surface area contributed by atoms with Gasteiger partial charge in [0.25, 0.3) is 0 Å². The molecule has 1 aromatic rings. The fourth-order valence-corrected chi connectivity index (χ4v) is 14.6. The Balaban J connectivity index is 0.943. The van der Waals surface area contributed by atoms with E-state index in [2.05, 4.69) is 75.2 Å². The lowest BCUT2D eigenvalue weighted by Gasteiger charge is -2.58. The van der Waals surface area contributed by atoms with Crippen LogP contribution in [0.25, 0.3) is 0 Å². The highest BCUT2D eigenvalue weighted by molar-refractivity contribution is 5.72. The summed E-state index contributed by atoms with van der Waals surface area (Å²) in [5.41, 5.74) is 2.34. The van der Waals surface area contributed by atoms with Crippen LogP contribution in [0.3, 0.4) is 0 Å². The molecule has 0 radical (unpaired) electrons. The average molecular weight is 977 g/mol. The first kappa shape index (κ1) is 58.5. The maximum absolute atomic E-state index is 13.1. The second kappa shape index (κ2) is 32.1. The van der Waals surface area contributed by atoms with Crippen LogP contribution in [0.1, 0.15) is 254 Å². The average Bonchev–Trinajstić information content (AvgIpc) is 4.00. The standard InChI is InChI=1S/C62H109N3O5/c1-8-10-12-14-15-21-31-52(30-20-13-11-9-2)59(66)68-46-24-18-16-22-41-64(43-27-44-65-45-40-63-49-65)42-23-17-19-25-47-69-60(67)70-54-36-38-61(6)53(48-54)32-33-55-57-35-34-56(51(5)29-26-28-50(3)4)62(57,7)39-37-58(55)61/h32,40,45,49-52,54-58H,8-31,33-39,41-44,46-48H2,1-7H3/t51-,52?,54+,55+,56-,57+,58+,61+,62-/m1/s1. The topological polar surface area (TPSA) is 82.9 Å². The van der Waals surface area contributed by atoms with Crippen molar-refractivity contribution in [3.63, 3.8) is 0 Å². The summed E-state index contributed by atoms with van der Waals surface area (Å²) in [5, 5.41) is 0. The predicted octanol–water partition coefficient (Wildman–Crippen LogP) is 17.1. The number of aromatic nitrogens is 2. The molecule has 0 aromatic carbocycles. The number of carbonyl (C=O) groups excluding carboxylic acids is 2. The van der Waals surface area contributed by atoms with Crippen LogP contribution < -0.4 is 0 Å². The van der Waals surface area contributed by atoms with Gasteiger partial charge in [0.1, 0.15) is 6.10 Å². The van der Waals surface area contributed by atoms with Crippen LogP contribution in [0.2, 0.25) is 0 Å². The van der Waals surface area contributed by atoms with Gasteiger partial charge in [-0.1, -0.05) is 169 Å². The van der Waals surface area contributed by atoms with Crippen LogP contribution in [-0.2, 0) is 25.5 Å². The van der Waals surface area contributed by atoms with Gasteiger partial charge >= 0.3 is 12.1 Å². The van der Waals surface area contributed by atoms with Crippen molar-refractivity contribution in [1.82, 2.24) is 14.5 Å². The first-order valence-electron chi connectivity index (χ1n) is 30.4. The van der Waals surface area contributed by atoms with Crippen LogP contribution in [-0.4, -0.2) is 65.5 Å². The van der Waals surface area contributed by atoms with Crippen LogP contribution in [0.4, 0.5) is 4.79 Å². The van der Waals surface area contributed by atoms with Gasteiger partial charge in [0.2, 0.25) is 0 Å². The minimum absolute atomic E-state index is 0.0562. The van der Waals surface area contributed by atoms with Gasteiger partial charge in [-0.15, -0.1) is 0 Å². The number of esters is 1. The van der Waals surface area contributed by atoms with Gasteiger partial charge in [0, 0.05) is 25.4 Å². The van der Waals surface area contributed by atoms with Crippen LogP contribution in [0, 0.1) is 52.3 Å². The van der Waals surface area contributed by atoms with Crippen molar-refractivity contribution in [3.8, 4) is 0 Å². The van der Waals surface area contributed by atoms with Gasteiger partial charge in [-0.2, -0.15) is 0 Å². The minimum Gasteiger partial charge on any atom is -0.465 e. The zero-order chi connectivity index (χ0) is 50.0. The molecule has 3 fully saturated rings. The molecule has 4 aliphatic rings. The Morgan fingerprint density at radius 2 is 1.34 bits per heavy atom. The molecule has 9 atom stereocenters. The van der Waals surface area contributed by atoms with Gasteiger partial charge < -0.3 is 23.7 Å². The van der Waals surface area contributed by atoms with E-state index >= 15 is 0 Å². The number of unbranched alkanes of at least 4 members (excludes halogenated alkanes) is 14. The van der Waals surface area contributed by atoms with Crippen molar-refractivity contribution in [2.75, 3.05) is 32.8 Å². The van der Waals surface area contributed by atoms with Crippen molar-refractivity contribution in [2.45, 2.75) is 267 Å². The van der Waals surface area contributed by atoms with Gasteiger partial charge in [-0.05, 0) is 156 Å². The Bertz CT molecular complexity index is 1590. The number of aryl methyl sites for hydroxylation is 1. The zero-order valence-electron chi connectivity index (χ0n) is 46.7. The van der Waals surface area contributed by atoms with Gasteiger partial charge in [0.15, 0.2) is 0 Å². The molecule has 0 aliphatic heterocycles. The van der Waals surface area contributed by atoms with E-state index < -0.39 is 6.16 Å². The van der Waals surface area contributed by atoms with Crippen molar-refractivity contribution in [3.05, 3.63) is 30.4 Å². The second-order valence-corrected chi connectivity index (χ2v) is 24.5. The molecule has 3 saturated carbocycles. The molecule has 4 aliphatic carbocycles. The van der Waals surface area contributed by atoms with Crippen LogP contribution in [0.5, 0.6) is 0 Å². The quantitative estimate of drug-likeness (QED) is 0.0373.